The third kappa shape index (κ3) is 3.47. The highest BCUT2D eigenvalue weighted by Crippen LogP contribution is 2.33. The van der Waals surface area contributed by atoms with E-state index in [-0.39, 0.29) is 0 Å². The van der Waals surface area contributed by atoms with Crippen LogP contribution in [0.1, 0.15) is 58.1 Å². The lowest BCUT2D eigenvalue weighted by Crippen LogP contribution is -2.34. The number of nitrogens with zero attached hydrogens (tertiary/aromatic N) is 2. The van der Waals surface area contributed by atoms with Crippen molar-refractivity contribution in [3.05, 3.63) is 23.9 Å². The van der Waals surface area contributed by atoms with Crippen LogP contribution in [-0.2, 0) is 0 Å². The fourth-order valence-electron chi connectivity index (χ4n) is 2.86. The van der Waals surface area contributed by atoms with Crippen molar-refractivity contribution in [2.75, 3.05) is 18.4 Å². The van der Waals surface area contributed by atoms with Gasteiger partial charge in [-0.3, -0.25) is 4.90 Å². The Hall–Kier alpha value is -1.09. The van der Waals surface area contributed by atoms with Crippen LogP contribution >= 0.6 is 0 Å². The van der Waals surface area contributed by atoms with Gasteiger partial charge in [0.05, 0.1) is 0 Å². The van der Waals surface area contributed by atoms with Gasteiger partial charge in [0.2, 0.25) is 0 Å². The highest BCUT2D eigenvalue weighted by atomic mass is 15.2. The van der Waals surface area contributed by atoms with E-state index in [0.29, 0.717) is 12.1 Å². The van der Waals surface area contributed by atoms with E-state index in [1.54, 1.807) is 0 Å². The molecular weight excluding hydrogens is 234 g/mol. The molecule has 0 aliphatic carbocycles. The van der Waals surface area contributed by atoms with Gasteiger partial charge >= 0.3 is 0 Å². The van der Waals surface area contributed by atoms with Crippen LogP contribution in [0.3, 0.4) is 0 Å². The Morgan fingerprint density at radius 3 is 3.00 bits per heavy atom. The summed E-state index contributed by atoms with van der Waals surface area (Å²) >= 11 is 0. The van der Waals surface area contributed by atoms with Gasteiger partial charge in [0.25, 0.3) is 0 Å². The van der Waals surface area contributed by atoms with Gasteiger partial charge in [-0.25, -0.2) is 4.98 Å². The van der Waals surface area contributed by atoms with Crippen LogP contribution < -0.4 is 5.32 Å². The average molecular weight is 261 g/mol. The average Bonchev–Trinajstić information content (AvgIpc) is 2.47. The van der Waals surface area contributed by atoms with Crippen molar-refractivity contribution in [3.63, 3.8) is 0 Å². The van der Waals surface area contributed by atoms with Crippen LogP contribution in [-0.4, -0.2) is 29.0 Å². The SMILES string of the molecule is CC[C@@H](C)Nc1ncccc1[C@H]1CCCCN1CC. The number of hydrogen-bond donors (Lipinski definition) is 1. The number of anilines is 1. The molecule has 2 heterocycles. The van der Waals surface area contributed by atoms with Gasteiger partial charge < -0.3 is 5.32 Å². The molecule has 106 valence electrons. The highest BCUT2D eigenvalue weighted by Gasteiger charge is 2.25. The van der Waals surface area contributed by atoms with Crippen LogP contribution in [0.5, 0.6) is 0 Å². The van der Waals surface area contributed by atoms with Crippen LogP contribution in [0.4, 0.5) is 5.82 Å². The molecule has 2 atom stereocenters. The topological polar surface area (TPSA) is 28.2 Å². The molecule has 3 heteroatoms. The van der Waals surface area contributed by atoms with Gasteiger partial charge in [-0.15, -0.1) is 0 Å². The second-order valence-corrected chi connectivity index (χ2v) is 5.54. The molecule has 1 aromatic rings. The van der Waals surface area contributed by atoms with Crippen LogP contribution in [0.2, 0.25) is 0 Å². The minimum Gasteiger partial charge on any atom is -0.367 e. The number of pyridine rings is 1. The minimum atomic E-state index is 0.479. The van der Waals surface area contributed by atoms with Crippen LogP contribution in [0.25, 0.3) is 0 Å². The normalized spacial score (nSPS) is 22.2. The van der Waals surface area contributed by atoms with Crippen molar-refractivity contribution in [3.8, 4) is 0 Å². The third-order valence-electron chi connectivity index (χ3n) is 4.21. The fourth-order valence-corrected chi connectivity index (χ4v) is 2.86. The maximum atomic E-state index is 4.57. The second kappa shape index (κ2) is 6.90. The lowest BCUT2D eigenvalue weighted by molar-refractivity contribution is 0.157. The lowest BCUT2D eigenvalue weighted by atomic mass is 9.95. The number of hydrogen-bond acceptors (Lipinski definition) is 3. The standard InChI is InChI=1S/C16H27N3/c1-4-13(3)18-16-14(9-8-11-17-16)15-10-6-7-12-19(15)5-2/h8-9,11,13,15H,4-7,10,12H2,1-3H3,(H,17,18)/t13-,15-/m1/s1. The van der Waals surface area contributed by atoms with E-state index in [4.69, 9.17) is 0 Å². The Bertz CT molecular complexity index is 391. The zero-order chi connectivity index (χ0) is 13.7. The highest BCUT2D eigenvalue weighted by molar-refractivity contribution is 5.46. The number of likely N-dealkylation sites (tertiary alicyclic amines) is 1. The van der Waals surface area contributed by atoms with Crippen molar-refractivity contribution in [1.29, 1.82) is 0 Å². The molecule has 1 N–H and O–H groups in total. The van der Waals surface area contributed by atoms with Crippen LogP contribution in [0.15, 0.2) is 18.3 Å². The van der Waals surface area contributed by atoms with Crippen molar-refractivity contribution < 1.29 is 0 Å². The quantitative estimate of drug-likeness (QED) is 0.873. The third-order valence-corrected chi connectivity index (χ3v) is 4.21. The van der Waals surface area contributed by atoms with Gasteiger partial charge in [-0.1, -0.05) is 26.3 Å². The Balaban J connectivity index is 2.22. The molecule has 0 amide bonds. The van der Waals surface area contributed by atoms with Crippen molar-refractivity contribution in [2.24, 2.45) is 0 Å². The van der Waals surface area contributed by atoms with E-state index in [9.17, 15) is 0 Å². The first-order valence-electron chi connectivity index (χ1n) is 7.71. The monoisotopic (exact) mass is 261 g/mol. The number of nitrogens with one attached hydrogen (secondary N) is 1. The second-order valence-electron chi connectivity index (χ2n) is 5.54. The Kier molecular flexibility index (Phi) is 5.20. The minimum absolute atomic E-state index is 0.479. The molecule has 0 spiro atoms. The van der Waals surface area contributed by atoms with Crippen molar-refractivity contribution >= 4 is 5.82 Å². The van der Waals surface area contributed by atoms with E-state index in [1.807, 2.05) is 6.20 Å². The lowest BCUT2D eigenvalue weighted by Gasteiger charge is -2.36. The Morgan fingerprint density at radius 1 is 1.42 bits per heavy atom. The Labute approximate surface area is 117 Å². The zero-order valence-electron chi connectivity index (χ0n) is 12.5. The predicted octanol–water partition coefficient (Wildman–Crippen LogP) is 3.84. The number of rotatable bonds is 5. The molecule has 0 radical (unpaired) electrons. The zero-order valence-corrected chi connectivity index (χ0v) is 12.5. The van der Waals surface area contributed by atoms with Crippen molar-refractivity contribution in [1.82, 2.24) is 9.88 Å². The molecule has 0 unspecified atom stereocenters. The Morgan fingerprint density at radius 2 is 2.26 bits per heavy atom. The summed E-state index contributed by atoms with van der Waals surface area (Å²) in [5, 5.41) is 3.56. The molecule has 1 aliphatic rings. The van der Waals surface area contributed by atoms with Gasteiger partial charge in [0, 0.05) is 23.8 Å². The van der Waals surface area contributed by atoms with Gasteiger partial charge in [-0.2, -0.15) is 0 Å². The molecule has 1 aliphatic heterocycles. The first kappa shape index (κ1) is 14.3. The predicted molar refractivity (Wildman–Crippen MR) is 81.5 cm³/mol. The van der Waals surface area contributed by atoms with E-state index in [2.05, 4.69) is 48.1 Å². The fraction of sp³-hybridized carbons (Fsp3) is 0.688. The molecule has 1 fully saturated rings. The van der Waals surface area contributed by atoms with Crippen LogP contribution in [0, 0.1) is 0 Å². The molecular formula is C16H27N3. The van der Waals surface area contributed by atoms with Gasteiger partial charge in [-0.05, 0) is 45.3 Å². The van der Waals surface area contributed by atoms with E-state index < -0.39 is 0 Å². The summed E-state index contributed by atoms with van der Waals surface area (Å²) in [5.74, 6) is 1.09. The summed E-state index contributed by atoms with van der Waals surface area (Å²) < 4.78 is 0. The molecule has 1 saturated heterocycles. The van der Waals surface area contributed by atoms with Gasteiger partial charge in [0.1, 0.15) is 5.82 Å². The van der Waals surface area contributed by atoms with E-state index >= 15 is 0 Å². The largest absolute Gasteiger partial charge is 0.367 e. The maximum absolute atomic E-state index is 4.57. The first-order chi connectivity index (χ1) is 9.26. The number of aromatic nitrogens is 1. The number of piperidine rings is 1. The summed E-state index contributed by atoms with van der Waals surface area (Å²) in [4.78, 5) is 7.16. The summed E-state index contributed by atoms with van der Waals surface area (Å²) in [6.07, 6.45) is 6.94. The summed E-state index contributed by atoms with van der Waals surface area (Å²) in [5.41, 5.74) is 1.38. The molecule has 0 saturated carbocycles. The van der Waals surface area contributed by atoms with Gasteiger partial charge in [0.15, 0.2) is 0 Å². The first-order valence-corrected chi connectivity index (χ1v) is 7.71. The molecule has 0 bridgehead atoms. The summed E-state index contributed by atoms with van der Waals surface area (Å²) in [7, 11) is 0. The van der Waals surface area contributed by atoms with E-state index in [1.165, 1.54) is 31.4 Å². The smallest absolute Gasteiger partial charge is 0.130 e. The summed E-state index contributed by atoms with van der Waals surface area (Å²) in [6.45, 7) is 9.04. The summed E-state index contributed by atoms with van der Waals surface area (Å²) in [6, 6.07) is 5.34. The molecule has 2 rings (SSSR count). The molecule has 0 aromatic carbocycles. The maximum Gasteiger partial charge on any atom is 0.130 e. The van der Waals surface area contributed by atoms with Crippen molar-refractivity contribution in [2.45, 2.75) is 58.5 Å². The molecule has 19 heavy (non-hydrogen) atoms. The molecule has 3 nitrogen and oxygen atoms in total. The molecule has 1 aromatic heterocycles. The van der Waals surface area contributed by atoms with E-state index in [0.717, 1.165) is 18.8 Å².